The summed E-state index contributed by atoms with van der Waals surface area (Å²) < 4.78 is 10.5. The summed E-state index contributed by atoms with van der Waals surface area (Å²) in [5.74, 6) is 0. The molecule has 3 rings (SSSR count). The van der Waals surface area contributed by atoms with Crippen LogP contribution in [0.4, 0.5) is 15.3 Å². The van der Waals surface area contributed by atoms with Crippen LogP contribution in [0.1, 0.15) is 30.4 Å². The third-order valence-corrected chi connectivity index (χ3v) is 5.44. The Morgan fingerprint density at radius 2 is 1.11 bits per heavy atom. The van der Waals surface area contributed by atoms with E-state index in [1.54, 1.807) is 0 Å². The molecule has 38 heavy (non-hydrogen) atoms. The molecule has 0 radical (unpaired) electrons. The molecule has 0 atom stereocenters. The molecule has 0 aliphatic heterocycles. The van der Waals surface area contributed by atoms with E-state index in [4.69, 9.17) is 9.47 Å². The van der Waals surface area contributed by atoms with Crippen LogP contribution >= 0.6 is 0 Å². The highest BCUT2D eigenvalue weighted by Crippen LogP contribution is 2.11. The van der Waals surface area contributed by atoms with Gasteiger partial charge in [0.15, 0.2) is 0 Å². The fraction of sp³-hybridized carbons (Fsp3) is 0.310. The van der Waals surface area contributed by atoms with E-state index in [-0.39, 0.29) is 13.2 Å². The molecule has 0 aromatic heterocycles. The second-order valence-electron chi connectivity index (χ2n) is 8.52. The summed E-state index contributed by atoms with van der Waals surface area (Å²) in [4.78, 5) is 23.9. The third kappa shape index (κ3) is 12.0. The Hall–Kier alpha value is -4.40. The van der Waals surface area contributed by atoms with E-state index in [0.717, 1.165) is 29.7 Å². The van der Waals surface area contributed by atoms with Crippen LogP contribution < -0.4 is 10.6 Å². The van der Waals surface area contributed by atoms with Crippen molar-refractivity contribution in [3.8, 4) is 0 Å². The summed E-state index contributed by atoms with van der Waals surface area (Å²) in [6.07, 6.45) is 1.37. The lowest BCUT2D eigenvalue weighted by Crippen LogP contribution is -2.29. The smallest absolute Gasteiger partial charge is 0.407 e. The maximum absolute atomic E-state index is 12.0. The zero-order valence-corrected chi connectivity index (χ0v) is 21.5. The molecule has 0 bridgehead atoms. The van der Waals surface area contributed by atoms with Gasteiger partial charge in [0.2, 0.25) is 0 Å². The molecule has 9 heteroatoms. The molecule has 200 valence electrons. The Balaban J connectivity index is 1.33. The van der Waals surface area contributed by atoms with Crippen LogP contribution in [0.3, 0.4) is 0 Å². The van der Waals surface area contributed by atoms with Crippen LogP contribution in [-0.2, 0) is 22.7 Å². The molecule has 2 amide bonds. The minimum atomic E-state index is -0.448. The Morgan fingerprint density at radius 1 is 0.632 bits per heavy atom. The minimum absolute atomic E-state index is 0.234. The SMILES string of the molecule is O=C(NCCCCN(CCCNC(=O)OCc1ccccc1)N=Nc1ccccc1)OCc1ccccc1. The van der Waals surface area contributed by atoms with Gasteiger partial charge in [0.25, 0.3) is 0 Å². The van der Waals surface area contributed by atoms with Gasteiger partial charge in [-0.3, -0.25) is 5.01 Å². The van der Waals surface area contributed by atoms with Gasteiger partial charge in [-0.2, -0.15) is 0 Å². The Kier molecular flexibility index (Phi) is 12.7. The largest absolute Gasteiger partial charge is 0.445 e. The first-order valence-corrected chi connectivity index (χ1v) is 12.8. The quantitative estimate of drug-likeness (QED) is 0.146. The number of hydrogen-bond donors (Lipinski definition) is 2. The fourth-order valence-corrected chi connectivity index (χ4v) is 3.42. The highest BCUT2D eigenvalue weighted by molar-refractivity contribution is 5.67. The van der Waals surface area contributed by atoms with Crippen molar-refractivity contribution >= 4 is 17.9 Å². The van der Waals surface area contributed by atoms with Crippen molar-refractivity contribution in [2.45, 2.75) is 32.5 Å². The molecule has 0 unspecified atom stereocenters. The summed E-state index contributed by atoms with van der Waals surface area (Å²) in [6.45, 7) is 2.72. The average Bonchev–Trinajstić information content (AvgIpc) is 2.97. The molecule has 0 saturated carbocycles. The summed E-state index contributed by atoms with van der Waals surface area (Å²) in [6, 6.07) is 28.6. The zero-order valence-electron chi connectivity index (χ0n) is 21.5. The van der Waals surface area contributed by atoms with Crippen molar-refractivity contribution < 1.29 is 19.1 Å². The lowest BCUT2D eigenvalue weighted by molar-refractivity contribution is 0.138. The molecule has 3 aromatic carbocycles. The standard InChI is InChI=1S/C29H35N5O4/c35-28(37-23-25-13-4-1-5-14-25)30-19-10-11-21-34(33-32-27-17-8-3-9-18-27)22-12-20-31-29(36)38-24-26-15-6-2-7-16-26/h1-9,13-18H,10-12,19-24H2,(H,30,35)(H,31,36). The number of nitrogens with zero attached hydrogens (tertiary/aromatic N) is 3. The highest BCUT2D eigenvalue weighted by Gasteiger charge is 2.06. The van der Waals surface area contributed by atoms with E-state index < -0.39 is 12.2 Å². The number of carbonyl (C=O) groups excluding carboxylic acids is 2. The topological polar surface area (TPSA) is 105 Å². The van der Waals surface area contributed by atoms with Crippen molar-refractivity contribution in [1.29, 1.82) is 0 Å². The summed E-state index contributed by atoms with van der Waals surface area (Å²) in [7, 11) is 0. The number of unbranched alkanes of at least 4 members (excludes halogenated alkanes) is 1. The summed E-state index contributed by atoms with van der Waals surface area (Å²) in [5.41, 5.74) is 2.65. The predicted octanol–water partition coefficient (Wildman–Crippen LogP) is 6.01. The van der Waals surface area contributed by atoms with Crippen LogP contribution in [0.2, 0.25) is 0 Å². The zero-order chi connectivity index (χ0) is 26.7. The van der Waals surface area contributed by atoms with Crippen molar-refractivity contribution in [1.82, 2.24) is 15.6 Å². The second kappa shape index (κ2) is 17.1. The van der Waals surface area contributed by atoms with Crippen LogP contribution in [0, 0.1) is 0 Å². The van der Waals surface area contributed by atoms with Gasteiger partial charge in [0, 0.05) is 26.2 Å². The average molecular weight is 518 g/mol. The van der Waals surface area contributed by atoms with Gasteiger partial charge in [-0.15, -0.1) is 5.11 Å². The van der Waals surface area contributed by atoms with Crippen molar-refractivity contribution in [2.24, 2.45) is 10.3 Å². The van der Waals surface area contributed by atoms with Gasteiger partial charge in [0.05, 0.1) is 5.69 Å². The van der Waals surface area contributed by atoms with Gasteiger partial charge < -0.3 is 20.1 Å². The number of rotatable bonds is 15. The first-order valence-electron chi connectivity index (χ1n) is 12.8. The number of carbonyl (C=O) groups is 2. The van der Waals surface area contributed by atoms with Crippen LogP contribution in [-0.4, -0.2) is 43.4 Å². The molecule has 0 heterocycles. The monoisotopic (exact) mass is 517 g/mol. The van der Waals surface area contributed by atoms with Crippen LogP contribution in [0.15, 0.2) is 101 Å². The van der Waals surface area contributed by atoms with Gasteiger partial charge in [-0.1, -0.05) is 84.1 Å². The highest BCUT2D eigenvalue weighted by atomic mass is 16.6. The predicted molar refractivity (Wildman–Crippen MR) is 146 cm³/mol. The molecular weight excluding hydrogens is 482 g/mol. The lowest BCUT2D eigenvalue weighted by atomic mass is 10.2. The third-order valence-electron chi connectivity index (χ3n) is 5.44. The van der Waals surface area contributed by atoms with Gasteiger partial charge in [-0.25, -0.2) is 9.59 Å². The van der Waals surface area contributed by atoms with E-state index in [0.29, 0.717) is 32.6 Å². The summed E-state index contributed by atoms with van der Waals surface area (Å²) >= 11 is 0. The first kappa shape index (κ1) is 28.2. The normalized spacial score (nSPS) is 10.6. The van der Waals surface area contributed by atoms with Crippen molar-refractivity contribution in [3.05, 3.63) is 102 Å². The Morgan fingerprint density at radius 3 is 1.66 bits per heavy atom. The number of benzene rings is 3. The fourth-order valence-electron chi connectivity index (χ4n) is 3.42. The van der Waals surface area contributed by atoms with E-state index in [1.165, 1.54) is 0 Å². The number of ether oxygens (including phenoxy) is 2. The first-order chi connectivity index (χ1) is 18.7. The van der Waals surface area contributed by atoms with E-state index in [1.807, 2.05) is 96.0 Å². The molecular formula is C29H35N5O4. The second-order valence-corrected chi connectivity index (χ2v) is 8.52. The van der Waals surface area contributed by atoms with E-state index >= 15 is 0 Å². The lowest BCUT2D eigenvalue weighted by Gasteiger charge is -2.18. The molecule has 0 aliphatic rings. The maximum atomic E-state index is 12.0. The van der Waals surface area contributed by atoms with Crippen LogP contribution in [0.25, 0.3) is 0 Å². The Labute approximate surface area is 223 Å². The van der Waals surface area contributed by atoms with Crippen molar-refractivity contribution in [2.75, 3.05) is 26.2 Å². The van der Waals surface area contributed by atoms with Gasteiger partial charge >= 0.3 is 12.2 Å². The molecule has 2 N–H and O–H groups in total. The number of alkyl carbamates (subject to hydrolysis) is 2. The number of nitrogens with one attached hydrogen (secondary N) is 2. The Bertz CT molecular complexity index is 1100. The molecule has 3 aromatic rings. The molecule has 0 fully saturated rings. The molecule has 0 aliphatic carbocycles. The number of amides is 2. The van der Waals surface area contributed by atoms with E-state index in [9.17, 15) is 9.59 Å². The molecule has 0 spiro atoms. The van der Waals surface area contributed by atoms with Gasteiger partial charge in [0.1, 0.15) is 13.2 Å². The number of hydrogen-bond acceptors (Lipinski definition) is 6. The maximum Gasteiger partial charge on any atom is 0.407 e. The molecule has 9 nitrogen and oxygen atoms in total. The minimum Gasteiger partial charge on any atom is -0.445 e. The van der Waals surface area contributed by atoms with Crippen LogP contribution in [0.5, 0.6) is 0 Å². The van der Waals surface area contributed by atoms with Crippen molar-refractivity contribution in [3.63, 3.8) is 0 Å². The molecule has 0 saturated heterocycles. The van der Waals surface area contributed by atoms with Gasteiger partial charge in [-0.05, 0) is 42.5 Å². The summed E-state index contributed by atoms with van der Waals surface area (Å²) in [5, 5.41) is 16.1. The van der Waals surface area contributed by atoms with E-state index in [2.05, 4.69) is 21.0 Å².